The molecule has 0 aromatic rings. The monoisotopic (exact) mass is 201 g/mol. The van der Waals surface area contributed by atoms with Crippen molar-refractivity contribution in [1.82, 2.24) is 5.32 Å². The van der Waals surface area contributed by atoms with Gasteiger partial charge >= 0.3 is 0 Å². The third kappa shape index (κ3) is 3.23. The van der Waals surface area contributed by atoms with Crippen LogP contribution in [-0.2, 0) is 9.47 Å². The molecule has 1 rings (SSSR count). The zero-order valence-electron chi connectivity index (χ0n) is 9.58. The van der Waals surface area contributed by atoms with Crippen molar-refractivity contribution in [1.29, 1.82) is 0 Å². The molecule has 0 spiro atoms. The molecule has 0 radical (unpaired) electrons. The Morgan fingerprint density at radius 1 is 1.57 bits per heavy atom. The Labute approximate surface area is 87.2 Å². The summed E-state index contributed by atoms with van der Waals surface area (Å²) in [5.74, 6) is 0.678. The van der Waals surface area contributed by atoms with E-state index in [4.69, 9.17) is 9.47 Å². The minimum atomic E-state index is 0.412. The Morgan fingerprint density at radius 2 is 2.36 bits per heavy atom. The molecule has 0 amide bonds. The molecule has 1 saturated heterocycles. The van der Waals surface area contributed by atoms with Crippen molar-refractivity contribution in [2.24, 2.45) is 5.92 Å². The normalized spacial score (nSPS) is 29.4. The van der Waals surface area contributed by atoms with E-state index in [1.165, 1.54) is 12.8 Å². The van der Waals surface area contributed by atoms with Crippen LogP contribution in [0.15, 0.2) is 0 Å². The first-order chi connectivity index (χ1) is 6.79. The standard InChI is InChI=1S/C11H23NO2/c1-9-10(6-8-14-9)11(12-2)5-4-7-13-3/h9-12H,4-8H2,1-3H3. The lowest BCUT2D eigenvalue weighted by atomic mass is 9.90. The zero-order valence-corrected chi connectivity index (χ0v) is 9.58. The minimum Gasteiger partial charge on any atom is -0.385 e. The predicted octanol–water partition coefficient (Wildman–Crippen LogP) is 1.43. The fraction of sp³-hybridized carbons (Fsp3) is 1.00. The molecular weight excluding hydrogens is 178 g/mol. The number of hydrogen-bond acceptors (Lipinski definition) is 3. The van der Waals surface area contributed by atoms with Crippen LogP contribution in [0, 0.1) is 5.92 Å². The topological polar surface area (TPSA) is 30.5 Å². The summed E-state index contributed by atoms with van der Waals surface area (Å²) >= 11 is 0. The Hall–Kier alpha value is -0.120. The van der Waals surface area contributed by atoms with Crippen molar-refractivity contribution >= 4 is 0 Å². The summed E-state index contributed by atoms with van der Waals surface area (Å²) in [6.45, 7) is 3.97. The Bertz CT molecular complexity index is 152. The van der Waals surface area contributed by atoms with Gasteiger partial charge in [-0.3, -0.25) is 0 Å². The molecule has 84 valence electrons. The molecule has 0 aromatic heterocycles. The average Bonchev–Trinajstić information content (AvgIpc) is 2.60. The molecule has 3 unspecified atom stereocenters. The third-order valence-electron chi connectivity index (χ3n) is 3.19. The van der Waals surface area contributed by atoms with Gasteiger partial charge in [-0.2, -0.15) is 0 Å². The molecule has 0 bridgehead atoms. The van der Waals surface area contributed by atoms with Crippen LogP contribution in [-0.4, -0.2) is 39.5 Å². The molecule has 3 atom stereocenters. The van der Waals surface area contributed by atoms with Crippen molar-refractivity contribution in [2.45, 2.75) is 38.3 Å². The van der Waals surface area contributed by atoms with Crippen LogP contribution < -0.4 is 5.32 Å². The molecule has 1 N–H and O–H groups in total. The van der Waals surface area contributed by atoms with Crippen LogP contribution >= 0.6 is 0 Å². The largest absolute Gasteiger partial charge is 0.385 e. The van der Waals surface area contributed by atoms with Gasteiger partial charge in [-0.15, -0.1) is 0 Å². The highest BCUT2D eigenvalue weighted by Crippen LogP contribution is 2.25. The van der Waals surface area contributed by atoms with Crippen molar-refractivity contribution in [3.05, 3.63) is 0 Å². The SMILES string of the molecule is CNC(CCCOC)C1CCOC1C. The lowest BCUT2D eigenvalue weighted by Crippen LogP contribution is -2.37. The highest BCUT2D eigenvalue weighted by atomic mass is 16.5. The van der Waals surface area contributed by atoms with Crippen LogP contribution in [0.3, 0.4) is 0 Å². The molecule has 1 aliphatic rings. The molecule has 3 heteroatoms. The molecule has 1 fully saturated rings. The van der Waals surface area contributed by atoms with Gasteiger partial charge in [0.15, 0.2) is 0 Å². The van der Waals surface area contributed by atoms with Crippen LogP contribution in [0.5, 0.6) is 0 Å². The van der Waals surface area contributed by atoms with E-state index >= 15 is 0 Å². The molecule has 0 aromatic carbocycles. The summed E-state index contributed by atoms with van der Waals surface area (Å²) in [6, 6.07) is 0.586. The highest BCUT2D eigenvalue weighted by Gasteiger charge is 2.30. The Kier molecular flexibility index (Phi) is 5.45. The summed E-state index contributed by atoms with van der Waals surface area (Å²) in [7, 11) is 3.80. The maximum atomic E-state index is 5.58. The quantitative estimate of drug-likeness (QED) is 0.659. The highest BCUT2D eigenvalue weighted by molar-refractivity contribution is 4.83. The molecule has 3 nitrogen and oxygen atoms in total. The lowest BCUT2D eigenvalue weighted by Gasteiger charge is -2.25. The maximum Gasteiger partial charge on any atom is 0.0590 e. The zero-order chi connectivity index (χ0) is 10.4. The molecule has 0 aliphatic carbocycles. The van der Waals surface area contributed by atoms with Gasteiger partial charge in [-0.25, -0.2) is 0 Å². The van der Waals surface area contributed by atoms with E-state index in [1.807, 2.05) is 7.05 Å². The van der Waals surface area contributed by atoms with E-state index < -0.39 is 0 Å². The summed E-state index contributed by atoms with van der Waals surface area (Å²) in [5, 5.41) is 3.40. The van der Waals surface area contributed by atoms with Gasteiger partial charge < -0.3 is 14.8 Å². The Morgan fingerprint density at radius 3 is 2.86 bits per heavy atom. The molecule has 1 heterocycles. The lowest BCUT2D eigenvalue weighted by molar-refractivity contribution is 0.0933. The summed E-state index contributed by atoms with van der Waals surface area (Å²) < 4.78 is 10.7. The molecular formula is C11H23NO2. The number of methoxy groups -OCH3 is 1. The van der Waals surface area contributed by atoms with Crippen LogP contribution in [0.2, 0.25) is 0 Å². The average molecular weight is 201 g/mol. The smallest absolute Gasteiger partial charge is 0.0590 e. The predicted molar refractivity (Wildman–Crippen MR) is 57.5 cm³/mol. The van der Waals surface area contributed by atoms with Crippen LogP contribution in [0.4, 0.5) is 0 Å². The summed E-state index contributed by atoms with van der Waals surface area (Å²) in [6.07, 6.45) is 3.92. The number of nitrogens with one attached hydrogen (secondary N) is 1. The first-order valence-electron chi connectivity index (χ1n) is 5.57. The van der Waals surface area contributed by atoms with Crippen LogP contribution in [0.25, 0.3) is 0 Å². The van der Waals surface area contributed by atoms with Gasteiger partial charge in [0, 0.05) is 32.3 Å². The van der Waals surface area contributed by atoms with Gasteiger partial charge in [-0.05, 0) is 33.2 Å². The molecule has 0 saturated carbocycles. The van der Waals surface area contributed by atoms with E-state index in [9.17, 15) is 0 Å². The second-order valence-corrected chi connectivity index (χ2v) is 4.06. The van der Waals surface area contributed by atoms with Crippen molar-refractivity contribution in [3.8, 4) is 0 Å². The van der Waals surface area contributed by atoms with E-state index in [-0.39, 0.29) is 0 Å². The molecule has 14 heavy (non-hydrogen) atoms. The fourth-order valence-corrected chi connectivity index (χ4v) is 2.30. The summed E-state index contributed by atoms with van der Waals surface area (Å²) in [4.78, 5) is 0. The second-order valence-electron chi connectivity index (χ2n) is 4.06. The van der Waals surface area contributed by atoms with Gasteiger partial charge in [0.1, 0.15) is 0 Å². The van der Waals surface area contributed by atoms with Crippen molar-refractivity contribution < 1.29 is 9.47 Å². The Balaban J connectivity index is 2.29. The minimum absolute atomic E-state index is 0.412. The number of rotatable bonds is 6. The van der Waals surface area contributed by atoms with Crippen molar-refractivity contribution in [2.75, 3.05) is 27.4 Å². The van der Waals surface area contributed by atoms with Gasteiger partial charge in [0.25, 0.3) is 0 Å². The fourth-order valence-electron chi connectivity index (χ4n) is 2.30. The van der Waals surface area contributed by atoms with E-state index in [0.717, 1.165) is 19.6 Å². The van der Waals surface area contributed by atoms with Crippen molar-refractivity contribution in [3.63, 3.8) is 0 Å². The summed E-state index contributed by atoms with van der Waals surface area (Å²) in [5.41, 5.74) is 0. The third-order valence-corrected chi connectivity index (χ3v) is 3.19. The first kappa shape index (κ1) is 12.0. The van der Waals surface area contributed by atoms with E-state index in [0.29, 0.717) is 18.1 Å². The number of ether oxygens (including phenoxy) is 2. The second kappa shape index (κ2) is 6.38. The van der Waals surface area contributed by atoms with E-state index in [1.54, 1.807) is 7.11 Å². The number of hydrogen-bond donors (Lipinski definition) is 1. The van der Waals surface area contributed by atoms with Gasteiger partial charge in [-0.1, -0.05) is 0 Å². The van der Waals surface area contributed by atoms with Crippen LogP contribution in [0.1, 0.15) is 26.2 Å². The maximum absolute atomic E-state index is 5.58. The van der Waals surface area contributed by atoms with E-state index in [2.05, 4.69) is 12.2 Å². The molecule has 1 aliphatic heterocycles. The van der Waals surface area contributed by atoms with Gasteiger partial charge in [0.05, 0.1) is 6.10 Å². The first-order valence-corrected chi connectivity index (χ1v) is 5.57. The van der Waals surface area contributed by atoms with Gasteiger partial charge in [0.2, 0.25) is 0 Å².